The van der Waals surface area contributed by atoms with E-state index >= 15 is 0 Å². The first-order chi connectivity index (χ1) is 14.9. The number of rotatable bonds is 8. The Bertz CT molecular complexity index is 937. The molecule has 0 heterocycles. The van der Waals surface area contributed by atoms with E-state index in [0.29, 0.717) is 18.1 Å². The van der Waals surface area contributed by atoms with Gasteiger partial charge < -0.3 is 14.2 Å². The van der Waals surface area contributed by atoms with E-state index in [1.807, 2.05) is 0 Å². The highest BCUT2D eigenvalue weighted by atomic mass is 19.4. The van der Waals surface area contributed by atoms with Gasteiger partial charge in [-0.1, -0.05) is 19.1 Å². The van der Waals surface area contributed by atoms with Crippen molar-refractivity contribution in [3.05, 3.63) is 58.7 Å². The molecule has 0 saturated heterocycles. The van der Waals surface area contributed by atoms with Crippen LogP contribution in [0.4, 0.5) is 26.3 Å². The van der Waals surface area contributed by atoms with Crippen LogP contribution < -0.4 is 9.47 Å². The number of carbonyl (C=O) groups is 1. The minimum Gasteiger partial charge on any atom is -0.493 e. The first kappa shape index (κ1) is 25.4. The molecule has 0 aromatic heterocycles. The van der Waals surface area contributed by atoms with Gasteiger partial charge in [0, 0.05) is 5.56 Å². The lowest BCUT2D eigenvalue weighted by molar-refractivity contribution is -0.147. The Hall–Kier alpha value is -2.91. The molecule has 0 saturated carbocycles. The lowest BCUT2D eigenvalue weighted by Gasteiger charge is -2.18. The second-order valence-corrected chi connectivity index (χ2v) is 7.00. The number of hydrogen-bond donors (Lipinski definition) is 0. The zero-order valence-electron chi connectivity index (χ0n) is 17.6. The Morgan fingerprint density at radius 3 is 2.22 bits per heavy atom. The maximum atomic E-state index is 13.3. The molecule has 10 heteroatoms. The van der Waals surface area contributed by atoms with Crippen LogP contribution in [-0.2, 0) is 34.9 Å². The monoisotopic (exact) mass is 464 g/mol. The van der Waals surface area contributed by atoms with Gasteiger partial charge in [0.15, 0.2) is 11.5 Å². The Balaban J connectivity index is 2.22. The first-order valence-corrected chi connectivity index (χ1v) is 9.60. The van der Waals surface area contributed by atoms with Crippen molar-refractivity contribution in [2.75, 3.05) is 13.7 Å². The highest BCUT2D eigenvalue weighted by molar-refractivity contribution is 5.72. The van der Waals surface area contributed by atoms with Gasteiger partial charge in [0.05, 0.1) is 30.8 Å². The third kappa shape index (κ3) is 6.54. The van der Waals surface area contributed by atoms with E-state index in [1.165, 1.54) is 13.2 Å². The van der Waals surface area contributed by atoms with E-state index in [-0.39, 0.29) is 30.1 Å². The predicted octanol–water partition coefficient (Wildman–Crippen LogP) is 6.05. The van der Waals surface area contributed by atoms with E-state index in [0.717, 1.165) is 6.07 Å². The largest absolute Gasteiger partial charge is 0.493 e. The average molecular weight is 464 g/mol. The normalized spacial score (nSPS) is 12.9. The second-order valence-electron chi connectivity index (χ2n) is 7.00. The van der Waals surface area contributed by atoms with Gasteiger partial charge in [-0.2, -0.15) is 26.3 Å². The highest BCUT2D eigenvalue weighted by Crippen LogP contribution is 2.38. The molecule has 2 rings (SSSR count). The lowest BCUT2D eigenvalue weighted by Crippen LogP contribution is -2.17. The average Bonchev–Trinajstić information content (AvgIpc) is 2.71. The number of methoxy groups -OCH3 is 1. The van der Waals surface area contributed by atoms with Crippen LogP contribution in [0.2, 0.25) is 0 Å². The zero-order chi connectivity index (χ0) is 24.1. The van der Waals surface area contributed by atoms with Gasteiger partial charge in [0.25, 0.3) is 0 Å². The van der Waals surface area contributed by atoms with Crippen molar-refractivity contribution in [1.82, 2.24) is 0 Å². The molecule has 176 valence electrons. The maximum absolute atomic E-state index is 13.3. The number of esters is 1. The molecule has 0 amide bonds. The third-order valence-corrected chi connectivity index (χ3v) is 4.58. The Morgan fingerprint density at radius 1 is 0.969 bits per heavy atom. The van der Waals surface area contributed by atoms with E-state index < -0.39 is 41.6 Å². The maximum Gasteiger partial charge on any atom is 0.416 e. The molecule has 0 fully saturated rings. The topological polar surface area (TPSA) is 44.8 Å². The van der Waals surface area contributed by atoms with E-state index in [4.69, 9.17) is 14.2 Å². The van der Waals surface area contributed by atoms with Crippen LogP contribution in [0.5, 0.6) is 11.5 Å². The van der Waals surface area contributed by atoms with Gasteiger partial charge in [-0.15, -0.1) is 0 Å². The number of benzene rings is 2. The van der Waals surface area contributed by atoms with E-state index in [1.54, 1.807) is 26.0 Å². The Labute approximate surface area is 181 Å². The Kier molecular flexibility index (Phi) is 8.03. The van der Waals surface area contributed by atoms with Crippen LogP contribution in [-0.4, -0.2) is 19.7 Å². The quantitative estimate of drug-likeness (QED) is 0.352. The second kappa shape index (κ2) is 10.1. The molecule has 4 nitrogen and oxygen atoms in total. The lowest BCUT2D eigenvalue weighted by atomic mass is 10.0. The highest BCUT2D eigenvalue weighted by Gasteiger charge is 2.38. The molecular formula is C22H22F6O4. The smallest absolute Gasteiger partial charge is 0.416 e. The summed E-state index contributed by atoms with van der Waals surface area (Å²) in [6.07, 6.45) is -9.55. The zero-order valence-corrected chi connectivity index (χ0v) is 17.6. The van der Waals surface area contributed by atoms with Crippen LogP contribution in [0, 0.1) is 5.92 Å². The molecule has 1 unspecified atom stereocenters. The minimum atomic E-state index is -4.99. The van der Waals surface area contributed by atoms with Crippen molar-refractivity contribution >= 4 is 5.97 Å². The fourth-order valence-electron chi connectivity index (χ4n) is 2.98. The first-order valence-electron chi connectivity index (χ1n) is 9.60. The van der Waals surface area contributed by atoms with Crippen LogP contribution >= 0.6 is 0 Å². The molecule has 0 radical (unpaired) electrons. The van der Waals surface area contributed by atoms with Crippen LogP contribution in [0.25, 0.3) is 0 Å². The number of halogens is 6. The Morgan fingerprint density at radius 2 is 1.66 bits per heavy atom. The summed E-state index contributed by atoms with van der Waals surface area (Å²) in [6, 6.07) is 6.03. The molecule has 0 bridgehead atoms. The third-order valence-electron chi connectivity index (χ3n) is 4.58. The number of ether oxygens (including phenoxy) is 3. The van der Waals surface area contributed by atoms with E-state index in [2.05, 4.69) is 0 Å². The molecule has 2 aromatic rings. The summed E-state index contributed by atoms with van der Waals surface area (Å²) in [7, 11) is 1.33. The van der Waals surface area contributed by atoms with Crippen molar-refractivity contribution in [3.8, 4) is 11.5 Å². The van der Waals surface area contributed by atoms with Gasteiger partial charge in [-0.3, -0.25) is 4.79 Å². The summed E-state index contributed by atoms with van der Waals surface area (Å²) in [5.74, 6) is -0.478. The molecule has 2 aromatic carbocycles. The minimum absolute atomic E-state index is 0.0653. The van der Waals surface area contributed by atoms with Gasteiger partial charge in [0.2, 0.25) is 0 Å². The molecule has 0 spiro atoms. The van der Waals surface area contributed by atoms with E-state index in [9.17, 15) is 31.1 Å². The van der Waals surface area contributed by atoms with Crippen LogP contribution in [0.15, 0.2) is 36.4 Å². The molecular weight excluding hydrogens is 442 g/mol. The van der Waals surface area contributed by atoms with Gasteiger partial charge in [0.1, 0.15) is 6.61 Å². The summed E-state index contributed by atoms with van der Waals surface area (Å²) in [6.45, 7) is 3.02. The van der Waals surface area contributed by atoms with Gasteiger partial charge >= 0.3 is 18.3 Å². The molecule has 0 N–H and O–H groups in total. The van der Waals surface area contributed by atoms with Crippen molar-refractivity contribution in [1.29, 1.82) is 0 Å². The number of alkyl halides is 6. The summed E-state index contributed by atoms with van der Waals surface area (Å²) >= 11 is 0. The van der Waals surface area contributed by atoms with Crippen molar-refractivity contribution in [2.45, 2.75) is 39.2 Å². The standard InChI is InChI=1S/C22H22F6O4/c1-4-31-20(29)13(2)9-14-5-8-18(19(10-14)30-3)32-12-15-6-7-16(21(23,24)25)11-17(15)22(26,27)28/h5-8,10-11,13H,4,9,12H2,1-3H3. The molecule has 32 heavy (non-hydrogen) atoms. The number of hydrogen-bond acceptors (Lipinski definition) is 4. The summed E-state index contributed by atoms with van der Waals surface area (Å²) in [4.78, 5) is 11.8. The SMILES string of the molecule is CCOC(=O)C(C)Cc1ccc(OCc2ccc(C(F)(F)F)cc2C(F)(F)F)c(OC)c1. The van der Waals surface area contributed by atoms with Crippen molar-refractivity contribution < 1.29 is 45.3 Å². The van der Waals surface area contributed by atoms with Crippen molar-refractivity contribution in [3.63, 3.8) is 0 Å². The fraction of sp³-hybridized carbons (Fsp3) is 0.409. The van der Waals surface area contributed by atoms with Gasteiger partial charge in [-0.05, 0) is 43.2 Å². The summed E-state index contributed by atoms with van der Waals surface area (Å²) < 4.78 is 93.9. The molecule has 1 atom stereocenters. The van der Waals surface area contributed by atoms with Gasteiger partial charge in [-0.25, -0.2) is 0 Å². The van der Waals surface area contributed by atoms with Crippen LogP contribution in [0.1, 0.15) is 36.1 Å². The summed E-state index contributed by atoms with van der Waals surface area (Å²) in [5.41, 5.74) is -2.56. The molecule has 0 aliphatic rings. The van der Waals surface area contributed by atoms with Crippen molar-refractivity contribution in [2.24, 2.45) is 5.92 Å². The predicted molar refractivity (Wildman–Crippen MR) is 103 cm³/mol. The summed E-state index contributed by atoms with van der Waals surface area (Å²) in [5, 5.41) is 0. The molecule has 0 aliphatic heterocycles. The fourth-order valence-corrected chi connectivity index (χ4v) is 2.98. The number of carbonyl (C=O) groups excluding carboxylic acids is 1. The molecule has 0 aliphatic carbocycles. The van der Waals surface area contributed by atoms with Crippen LogP contribution in [0.3, 0.4) is 0 Å².